The minimum absolute atomic E-state index is 0.231. The Morgan fingerprint density at radius 1 is 1.20 bits per heavy atom. The first-order chi connectivity index (χ1) is 9.58. The third-order valence-electron chi connectivity index (χ3n) is 2.72. The number of hydrogen-bond donors (Lipinski definition) is 1. The van der Waals surface area contributed by atoms with Crippen LogP contribution in [0.1, 0.15) is 16.1 Å². The summed E-state index contributed by atoms with van der Waals surface area (Å²) in [5.41, 5.74) is 1.97. The van der Waals surface area contributed by atoms with Crippen molar-refractivity contribution in [2.45, 2.75) is 11.6 Å². The van der Waals surface area contributed by atoms with Gasteiger partial charge in [0.05, 0.1) is 0 Å². The van der Waals surface area contributed by atoms with Gasteiger partial charge in [-0.15, -0.1) is 0 Å². The van der Waals surface area contributed by atoms with Crippen molar-refractivity contribution in [1.29, 1.82) is 0 Å². The van der Waals surface area contributed by atoms with Gasteiger partial charge in [0.2, 0.25) is 0 Å². The number of carbonyl (C=O) groups is 1. The standard InChI is InChI=1S/C15H18N2O2S/c1-17(2)10-11-4-6-12(7-5-11)16-15(18)13-8-9-14(19-13)20-3/h4-9H,10H2,1-3H3,(H,16,18). The quantitative estimate of drug-likeness (QED) is 0.858. The van der Waals surface area contributed by atoms with E-state index in [2.05, 4.69) is 10.2 Å². The fraction of sp³-hybridized carbons (Fsp3) is 0.267. The van der Waals surface area contributed by atoms with Gasteiger partial charge in [0, 0.05) is 12.2 Å². The number of carbonyl (C=O) groups excluding carboxylic acids is 1. The summed E-state index contributed by atoms with van der Waals surface area (Å²) in [6.45, 7) is 0.878. The van der Waals surface area contributed by atoms with Crippen molar-refractivity contribution in [2.24, 2.45) is 0 Å². The molecule has 106 valence electrons. The SMILES string of the molecule is CSc1ccc(C(=O)Nc2ccc(CN(C)C)cc2)o1. The Hall–Kier alpha value is -1.72. The third kappa shape index (κ3) is 3.88. The Labute approximate surface area is 123 Å². The largest absolute Gasteiger partial charge is 0.445 e. The predicted molar refractivity (Wildman–Crippen MR) is 82.3 cm³/mol. The number of benzene rings is 1. The molecule has 20 heavy (non-hydrogen) atoms. The maximum Gasteiger partial charge on any atom is 0.291 e. The van der Waals surface area contributed by atoms with E-state index >= 15 is 0 Å². The molecule has 0 fully saturated rings. The van der Waals surface area contributed by atoms with Gasteiger partial charge in [-0.05, 0) is 50.2 Å². The number of rotatable bonds is 5. The van der Waals surface area contributed by atoms with Crippen molar-refractivity contribution in [3.63, 3.8) is 0 Å². The molecule has 0 unspecified atom stereocenters. The molecule has 1 aromatic heterocycles. The van der Waals surface area contributed by atoms with Crippen LogP contribution in [0.3, 0.4) is 0 Å². The number of thioether (sulfide) groups is 1. The van der Waals surface area contributed by atoms with Crippen LogP contribution in [0.4, 0.5) is 5.69 Å². The molecule has 1 heterocycles. The van der Waals surface area contributed by atoms with Gasteiger partial charge in [-0.1, -0.05) is 23.9 Å². The number of furan rings is 1. The molecule has 0 radical (unpaired) electrons. The van der Waals surface area contributed by atoms with Gasteiger partial charge < -0.3 is 14.6 Å². The topological polar surface area (TPSA) is 45.5 Å². The van der Waals surface area contributed by atoms with Crippen molar-refractivity contribution in [3.05, 3.63) is 47.7 Å². The molecule has 0 spiro atoms. The summed E-state index contributed by atoms with van der Waals surface area (Å²) in [6.07, 6.45) is 1.91. The Kier molecular flexibility index (Phi) is 4.87. The van der Waals surface area contributed by atoms with Crippen LogP contribution in [-0.4, -0.2) is 31.2 Å². The molecule has 1 amide bonds. The summed E-state index contributed by atoms with van der Waals surface area (Å²) in [7, 11) is 4.05. The van der Waals surface area contributed by atoms with E-state index in [0.717, 1.165) is 17.3 Å². The Bertz CT molecular complexity index is 576. The Morgan fingerprint density at radius 2 is 1.90 bits per heavy atom. The minimum Gasteiger partial charge on any atom is -0.445 e. The molecule has 0 saturated heterocycles. The fourth-order valence-electron chi connectivity index (χ4n) is 1.80. The number of anilines is 1. The molecule has 2 rings (SSSR count). The highest BCUT2D eigenvalue weighted by molar-refractivity contribution is 7.98. The lowest BCUT2D eigenvalue weighted by molar-refractivity contribution is 0.0992. The lowest BCUT2D eigenvalue weighted by atomic mass is 10.2. The van der Waals surface area contributed by atoms with Crippen LogP contribution in [0.2, 0.25) is 0 Å². The number of amides is 1. The smallest absolute Gasteiger partial charge is 0.291 e. The maximum atomic E-state index is 12.0. The van der Waals surface area contributed by atoms with Crippen LogP contribution in [0.25, 0.3) is 0 Å². The molecule has 0 aliphatic heterocycles. The lowest BCUT2D eigenvalue weighted by Crippen LogP contribution is -2.12. The highest BCUT2D eigenvalue weighted by atomic mass is 32.2. The van der Waals surface area contributed by atoms with Crippen molar-refractivity contribution in [1.82, 2.24) is 4.90 Å². The first kappa shape index (κ1) is 14.7. The molecular weight excluding hydrogens is 272 g/mol. The summed E-state index contributed by atoms with van der Waals surface area (Å²) in [5.74, 6) is 0.0948. The van der Waals surface area contributed by atoms with Gasteiger partial charge in [-0.2, -0.15) is 0 Å². The molecule has 0 atom stereocenters. The van der Waals surface area contributed by atoms with Gasteiger partial charge in [0.15, 0.2) is 10.9 Å². The summed E-state index contributed by atoms with van der Waals surface area (Å²) < 4.78 is 5.39. The van der Waals surface area contributed by atoms with Gasteiger partial charge in [-0.25, -0.2) is 0 Å². The van der Waals surface area contributed by atoms with E-state index in [4.69, 9.17) is 4.42 Å². The van der Waals surface area contributed by atoms with E-state index in [1.807, 2.05) is 44.6 Å². The molecule has 0 aliphatic carbocycles. The van der Waals surface area contributed by atoms with E-state index in [1.54, 1.807) is 12.1 Å². The van der Waals surface area contributed by atoms with Crippen LogP contribution >= 0.6 is 11.8 Å². The minimum atomic E-state index is -0.231. The van der Waals surface area contributed by atoms with Crippen LogP contribution in [0.15, 0.2) is 45.9 Å². The van der Waals surface area contributed by atoms with Crippen molar-refractivity contribution in [3.8, 4) is 0 Å². The summed E-state index contributed by atoms with van der Waals surface area (Å²) in [5, 5.41) is 3.55. The van der Waals surface area contributed by atoms with Crippen molar-refractivity contribution >= 4 is 23.4 Å². The van der Waals surface area contributed by atoms with Crippen LogP contribution in [-0.2, 0) is 6.54 Å². The van der Waals surface area contributed by atoms with E-state index in [-0.39, 0.29) is 5.91 Å². The van der Waals surface area contributed by atoms with Crippen LogP contribution in [0, 0.1) is 0 Å². The molecule has 1 aromatic carbocycles. The van der Waals surface area contributed by atoms with Gasteiger partial charge in [-0.3, -0.25) is 4.79 Å². The molecule has 0 saturated carbocycles. The Balaban J connectivity index is 2.00. The van der Waals surface area contributed by atoms with Crippen LogP contribution in [0.5, 0.6) is 0 Å². The van der Waals surface area contributed by atoms with Crippen LogP contribution < -0.4 is 5.32 Å². The molecule has 0 bridgehead atoms. The monoisotopic (exact) mass is 290 g/mol. The predicted octanol–water partition coefficient (Wildman–Crippen LogP) is 3.32. The molecule has 1 N–H and O–H groups in total. The first-order valence-corrected chi connectivity index (χ1v) is 7.50. The fourth-order valence-corrected chi connectivity index (χ4v) is 2.18. The first-order valence-electron chi connectivity index (χ1n) is 6.27. The second-order valence-corrected chi connectivity index (χ2v) is 5.52. The summed E-state index contributed by atoms with van der Waals surface area (Å²) >= 11 is 1.47. The molecule has 4 nitrogen and oxygen atoms in total. The number of nitrogens with zero attached hydrogens (tertiary/aromatic N) is 1. The molecular formula is C15H18N2O2S. The Morgan fingerprint density at radius 3 is 2.45 bits per heavy atom. The zero-order valence-corrected chi connectivity index (χ0v) is 12.7. The van der Waals surface area contributed by atoms with E-state index in [0.29, 0.717) is 5.76 Å². The highest BCUT2D eigenvalue weighted by Gasteiger charge is 2.11. The molecule has 5 heteroatoms. The lowest BCUT2D eigenvalue weighted by Gasteiger charge is -2.10. The summed E-state index contributed by atoms with van der Waals surface area (Å²) in [4.78, 5) is 14.1. The molecule has 0 aliphatic rings. The van der Waals surface area contributed by atoms with E-state index < -0.39 is 0 Å². The van der Waals surface area contributed by atoms with E-state index in [1.165, 1.54) is 17.3 Å². The van der Waals surface area contributed by atoms with Gasteiger partial charge in [0.25, 0.3) is 5.91 Å². The third-order valence-corrected chi connectivity index (χ3v) is 3.34. The van der Waals surface area contributed by atoms with Gasteiger partial charge in [0.1, 0.15) is 0 Å². The average molecular weight is 290 g/mol. The van der Waals surface area contributed by atoms with Gasteiger partial charge >= 0.3 is 0 Å². The zero-order chi connectivity index (χ0) is 14.5. The number of hydrogen-bond acceptors (Lipinski definition) is 4. The van der Waals surface area contributed by atoms with E-state index in [9.17, 15) is 4.79 Å². The molecule has 2 aromatic rings. The number of nitrogens with one attached hydrogen (secondary N) is 1. The average Bonchev–Trinajstić information content (AvgIpc) is 2.89. The van der Waals surface area contributed by atoms with Crippen molar-refractivity contribution < 1.29 is 9.21 Å². The normalized spacial score (nSPS) is 10.8. The highest BCUT2D eigenvalue weighted by Crippen LogP contribution is 2.19. The second-order valence-electron chi connectivity index (χ2n) is 4.71. The summed E-state index contributed by atoms with van der Waals surface area (Å²) in [6, 6.07) is 11.3. The second kappa shape index (κ2) is 6.63. The maximum absolute atomic E-state index is 12.0. The zero-order valence-electron chi connectivity index (χ0n) is 11.8. The van der Waals surface area contributed by atoms with Crippen molar-refractivity contribution in [2.75, 3.05) is 25.7 Å².